The smallest absolute Gasteiger partial charge is 0.338 e. The van der Waals surface area contributed by atoms with Gasteiger partial charge >= 0.3 is 53.7 Å². The van der Waals surface area contributed by atoms with Crippen LogP contribution in [0.2, 0.25) is 0 Å². The molecule has 0 radical (unpaired) electrons. The highest BCUT2D eigenvalue weighted by Gasteiger charge is 2.60. The van der Waals surface area contributed by atoms with Gasteiger partial charge in [-0.15, -0.1) is 0 Å². The molecular formula is C98H90Cl3NO25. The Morgan fingerprint density at radius 2 is 0.520 bits per heavy atom. The SMILES string of the molecule is Cc1ccc(C(=O)OCC2OC(OCC3OC(OC(=N)C(Cl)(Cl)Cl)C(OC(=O)c4ccccc4)C(OC4OC(COC(=O)c5ccc(C)cc5)C(OC(=O)c5ccc(C)cc5)C(OC(=O)c5ccc(C)cc5)C4OC(=O)c4ccc(C)cc4)C3OCc3ccccc3)C(OC(=O)c3ccc(C)cc3)C(OC(=O)c3ccc(C)cc3)C2OC(=O)c2ccc(C)cc2)cc1. The minimum atomic E-state index is -2.75. The van der Waals surface area contributed by atoms with Gasteiger partial charge in [-0.25, -0.2) is 43.2 Å². The van der Waals surface area contributed by atoms with Crippen LogP contribution in [0.25, 0.3) is 0 Å². The molecule has 3 saturated heterocycles. The van der Waals surface area contributed by atoms with Crippen LogP contribution >= 0.6 is 34.8 Å². The molecule has 0 bridgehead atoms. The topological polar surface area (TPSA) is 325 Å². The number of carbonyl (C=O) groups is 9. The molecule has 0 aliphatic carbocycles. The fraction of sp³-hybridized carbons (Fsp3) is 0.286. The van der Waals surface area contributed by atoms with Gasteiger partial charge in [0.2, 0.25) is 12.2 Å². The summed E-state index contributed by atoms with van der Waals surface area (Å²) in [6.07, 6.45) is -30.5. The number of halogens is 3. The van der Waals surface area contributed by atoms with Crippen molar-refractivity contribution in [3.8, 4) is 0 Å². The fourth-order valence-corrected chi connectivity index (χ4v) is 14.0. The number of hydrogen-bond acceptors (Lipinski definition) is 26. The van der Waals surface area contributed by atoms with Crippen LogP contribution in [0, 0.1) is 60.8 Å². The van der Waals surface area contributed by atoms with Gasteiger partial charge < -0.3 is 75.8 Å². The maximum Gasteiger partial charge on any atom is 0.338 e. The van der Waals surface area contributed by atoms with Gasteiger partial charge in [-0.2, -0.15) is 0 Å². The van der Waals surface area contributed by atoms with E-state index >= 15 is 28.8 Å². The fourth-order valence-electron chi connectivity index (χ4n) is 13.9. The first-order chi connectivity index (χ1) is 60.9. The zero-order valence-corrected chi connectivity index (χ0v) is 72.3. The maximum atomic E-state index is 15.4. The molecule has 3 aliphatic heterocycles. The molecule has 0 spiro atoms. The van der Waals surface area contributed by atoms with Crippen molar-refractivity contribution in [1.29, 1.82) is 5.41 Å². The zero-order chi connectivity index (χ0) is 90.2. The van der Waals surface area contributed by atoms with Crippen molar-refractivity contribution in [2.75, 3.05) is 19.8 Å². The van der Waals surface area contributed by atoms with Crippen LogP contribution in [-0.2, 0) is 82.4 Å². The van der Waals surface area contributed by atoms with E-state index < -0.39 is 182 Å². The van der Waals surface area contributed by atoms with E-state index in [4.69, 9.17) is 111 Å². The lowest BCUT2D eigenvalue weighted by Gasteiger charge is -2.49. The van der Waals surface area contributed by atoms with Crippen molar-refractivity contribution in [3.05, 3.63) is 355 Å². The average molecular weight is 1790 g/mol. The molecule has 658 valence electrons. The summed E-state index contributed by atoms with van der Waals surface area (Å²) in [6.45, 7) is 11.3. The molecule has 3 heterocycles. The molecule has 1 N–H and O–H groups in total. The first-order valence-electron chi connectivity index (χ1n) is 40.6. The van der Waals surface area contributed by atoms with Gasteiger partial charge in [-0.3, -0.25) is 5.41 Å². The number of benzene rings is 10. The minimum absolute atomic E-state index is 0.00268. The Morgan fingerprint density at radius 1 is 0.268 bits per heavy atom. The molecule has 29 heteroatoms. The number of carbonyl (C=O) groups excluding carboxylic acids is 9. The summed E-state index contributed by atoms with van der Waals surface area (Å²) >= 11 is 19.6. The van der Waals surface area contributed by atoms with Crippen molar-refractivity contribution < 1.29 is 119 Å². The van der Waals surface area contributed by atoms with E-state index in [2.05, 4.69) is 0 Å². The van der Waals surface area contributed by atoms with Crippen LogP contribution in [-0.4, -0.2) is 175 Å². The number of hydrogen-bond donors (Lipinski definition) is 1. The third-order valence-corrected chi connectivity index (χ3v) is 21.5. The molecule has 10 aromatic carbocycles. The highest BCUT2D eigenvalue weighted by atomic mass is 35.6. The summed E-state index contributed by atoms with van der Waals surface area (Å²) in [5, 5.41) is 9.29. The van der Waals surface area contributed by atoms with Gasteiger partial charge in [0.05, 0.1) is 63.3 Å². The second-order valence-electron chi connectivity index (χ2n) is 30.8. The predicted octanol–water partition coefficient (Wildman–Crippen LogP) is 16.3. The van der Waals surface area contributed by atoms with Crippen LogP contribution < -0.4 is 0 Å². The maximum absolute atomic E-state index is 15.4. The van der Waals surface area contributed by atoms with Crippen LogP contribution in [0.5, 0.6) is 0 Å². The molecule has 15 unspecified atom stereocenters. The highest BCUT2D eigenvalue weighted by Crippen LogP contribution is 2.41. The number of nitrogens with one attached hydrogen (secondary N) is 1. The van der Waals surface area contributed by atoms with Crippen molar-refractivity contribution in [1.82, 2.24) is 0 Å². The monoisotopic (exact) mass is 1790 g/mol. The molecule has 0 saturated carbocycles. The predicted molar refractivity (Wildman–Crippen MR) is 462 cm³/mol. The molecule has 26 nitrogen and oxygen atoms in total. The molecule has 3 aliphatic rings. The molecule has 0 aromatic heterocycles. The van der Waals surface area contributed by atoms with Crippen molar-refractivity contribution >= 4 is 94.4 Å². The van der Waals surface area contributed by atoms with Gasteiger partial charge in [0.15, 0.2) is 55.3 Å². The van der Waals surface area contributed by atoms with Gasteiger partial charge in [0, 0.05) is 0 Å². The lowest BCUT2D eigenvalue weighted by molar-refractivity contribution is -0.362. The van der Waals surface area contributed by atoms with E-state index in [9.17, 15) is 19.8 Å². The third kappa shape index (κ3) is 24.2. The summed E-state index contributed by atoms with van der Waals surface area (Å²) in [5.41, 5.74) is 6.37. The van der Waals surface area contributed by atoms with Gasteiger partial charge in [0.25, 0.3) is 3.79 Å². The number of ether oxygens (including phenoxy) is 16. The van der Waals surface area contributed by atoms with E-state index in [1.807, 2.05) is 13.8 Å². The van der Waals surface area contributed by atoms with Crippen molar-refractivity contribution in [2.45, 2.75) is 158 Å². The Bertz CT molecular complexity index is 5510. The van der Waals surface area contributed by atoms with Crippen LogP contribution in [0.3, 0.4) is 0 Å². The van der Waals surface area contributed by atoms with Crippen LogP contribution in [0.4, 0.5) is 0 Å². The second kappa shape index (κ2) is 42.2. The van der Waals surface area contributed by atoms with Gasteiger partial charge in [0.1, 0.15) is 43.7 Å². The van der Waals surface area contributed by atoms with E-state index in [1.165, 1.54) is 121 Å². The highest BCUT2D eigenvalue weighted by molar-refractivity contribution is 6.76. The molecule has 15 atom stereocenters. The molecule has 3 fully saturated rings. The number of esters is 9. The first-order valence-corrected chi connectivity index (χ1v) is 41.7. The van der Waals surface area contributed by atoms with E-state index in [1.54, 1.807) is 175 Å². The van der Waals surface area contributed by atoms with E-state index in [0.29, 0.717) is 5.56 Å². The quantitative estimate of drug-likeness (QED) is 0.0150. The summed E-state index contributed by atoms with van der Waals surface area (Å²) in [4.78, 5) is 135. The Kier molecular flexibility index (Phi) is 30.7. The van der Waals surface area contributed by atoms with Crippen molar-refractivity contribution in [2.24, 2.45) is 0 Å². The third-order valence-electron chi connectivity index (χ3n) is 21.0. The minimum Gasteiger partial charge on any atom is -0.459 e. The lowest BCUT2D eigenvalue weighted by Crippen LogP contribution is -2.68. The van der Waals surface area contributed by atoms with Gasteiger partial charge in [-0.1, -0.05) is 225 Å². The van der Waals surface area contributed by atoms with E-state index in [0.717, 1.165) is 44.5 Å². The second-order valence-corrected chi connectivity index (χ2v) is 33.1. The average Bonchev–Trinajstić information content (AvgIpc) is 0.757. The lowest BCUT2D eigenvalue weighted by atomic mass is 9.95. The first kappa shape index (κ1) is 92.2. The summed E-state index contributed by atoms with van der Waals surface area (Å²) < 4.78 is 104. The summed E-state index contributed by atoms with van der Waals surface area (Å²) in [7, 11) is 0. The van der Waals surface area contributed by atoms with Crippen LogP contribution in [0.1, 0.15) is 143 Å². The van der Waals surface area contributed by atoms with Crippen LogP contribution in [0.15, 0.2) is 255 Å². The number of alkyl halides is 3. The molecular weight excluding hydrogens is 1700 g/mol. The molecule has 13 rings (SSSR count). The Morgan fingerprint density at radius 3 is 0.843 bits per heavy atom. The normalized spacial score (nSPS) is 22.0. The van der Waals surface area contributed by atoms with E-state index in [-0.39, 0.29) is 50.1 Å². The Labute approximate surface area is 747 Å². The summed E-state index contributed by atoms with van der Waals surface area (Å²) in [5.74, 6) is -10.5. The number of aryl methyl sites for hydroxylation is 8. The van der Waals surface area contributed by atoms with Crippen molar-refractivity contribution in [3.63, 3.8) is 0 Å². The Balaban J connectivity index is 0.999. The molecule has 127 heavy (non-hydrogen) atoms. The molecule has 10 aromatic rings. The largest absolute Gasteiger partial charge is 0.459 e. The molecule has 0 amide bonds. The zero-order valence-electron chi connectivity index (χ0n) is 70.1. The Hall–Kier alpha value is -12.5. The standard InChI is InChI=1S/C98H90Cl3NO25/c1-55-19-35-65(36-20-55)85(103)113-52-74-77(119-88(106)67-39-23-57(3)24-40-67)80(121-90(108)69-43-27-59(5)28-44-69)82(123-92(110)71-47-31-61(7)32-48-71)94(116-74)115-54-73-76(112-51-63-15-11-9-12-16-63)79(83(96(117-73)127-97(102)98(99,100)101)124-87(105)64-17-13-10-14-18-64)126-95-84(125-93(111)72-49-33-62(8)34-50-72)81(122-91(109)70-45-29-60(6)30-46-70)78(120-89(107)68-41-25-58(4)26-42-68)75(118-95)53-114-86(104)66-37-21-56(2)22-38-66/h9-50,73-84,94-96,102H,51-54H2,1-8H3. The van der Waals surface area contributed by atoms with Gasteiger partial charge in [-0.05, 0) is 170 Å². The number of rotatable bonds is 29. The summed E-state index contributed by atoms with van der Waals surface area (Å²) in [6, 6.07) is 66.0.